The third-order valence-electron chi connectivity index (χ3n) is 4.41. The summed E-state index contributed by atoms with van der Waals surface area (Å²) in [4.78, 5) is 28.4. The molecule has 0 saturated heterocycles. The molecule has 0 aliphatic heterocycles. The molecule has 0 saturated carbocycles. The molecule has 2 amide bonds. The first-order chi connectivity index (χ1) is 13.6. The number of imidazole rings is 1. The predicted molar refractivity (Wildman–Crippen MR) is 106 cm³/mol. The standard InChI is InChI=1S/C20H24N6O2/c1-15-17(13-23-25-15)5-3-8-22-20(28)16-4-2-6-18(12-16)24-19(27)7-10-26-11-9-21-14-26/h2,4,6,9,11-14H,3,5,7-8,10H2,1H3,(H,22,28)(H,23,25)(H,24,27). The monoisotopic (exact) mass is 380 g/mol. The van der Waals surface area contributed by atoms with Gasteiger partial charge in [-0.05, 0) is 43.5 Å². The molecule has 0 spiro atoms. The van der Waals surface area contributed by atoms with E-state index in [1.54, 1.807) is 36.8 Å². The maximum Gasteiger partial charge on any atom is 0.251 e. The fraction of sp³-hybridized carbons (Fsp3) is 0.300. The van der Waals surface area contributed by atoms with Gasteiger partial charge >= 0.3 is 0 Å². The number of carbonyl (C=O) groups excluding carboxylic acids is 2. The lowest BCUT2D eigenvalue weighted by molar-refractivity contribution is -0.116. The number of nitrogens with one attached hydrogen (secondary N) is 3. The van der Waals surface area contributed by atoms with Gasteiger partial charge in [0.25, 0.3) is 5.91 Å². The highest BCUT2D eigenvalue weighted by molar-refractivity contribution is 5.97. The first-order valence-electron chi connectivity index (χ1n) is 9.24. The normalized spacial score (nSPS) is 10.6. The number of aromatic nitrogens is 4. The van der Waals surface area contributed by atoms with E-state index in [9.17, 15) is 9.59 Å². The lowest BCUT2D eigenvalue weighted by atomic mass is 10.1. The second kappa shape index (κ2) is 9.50. The topological polar surface area (TPSA) is 105 Å². The van der Waals surface area contributed by atoms with Crippen molar-refractivity contribution in [2.45, 2.75) is 32.7 Å². The zero-order chi connectivity index (χ0) is 19.8. The Morgan fingerprint density at radius 1 is 1.29 bits per heavy atom. The molecule has 3 aromatic rings. The predicted octanol–water partition coefficient (Wildman–Crippen LogP) is 2.31. The quantitative estimate of drug-likeness (QED) is 0.495. The van der Waals surface area contributed by atoms with Crippen molar-refractivity contribution < 1.29 is 9.59 Å². The number of hydrogen-bond donors (Lipinski definition) is 3. The minimum absolute atomic E-state index is 0.109. The number of nitrogens with zero attached hydrogens (tertiary/aromatic N) is 3. The number of carbonyl (C=O) groups is 2. The third-order valence-corrected chi connectivity index (χ3v) is 4.41. The highest BCUT2D eigenvalue weighted by atomic mass is 16.2. The summed E-state index contributed by atoms with van der Waals surface area (Å²) >= 11 is 0. The lowest BCUT2D eigenvalue weighted by Gasteiger charge is -2.09. The molecular formula is C20H24N6O2. The van der Waals surface area contributed by atoms with Crippen LogP contribution in [0.3, 0.4) is 0 Å². The van der Waals surface area contributed by atoms with E-state index >= 15 is 0 Å². The Morgan fingerprint density at radius 3 is 2.93 bits per heavy atom. The number of aryl methyl sites for hydroxylation is 3. The molecule has 8 nitrogen and oxygen atoms in total. The molecule has 0 atom stereocenters. The summed E-state index contributed by atoms with van der Waals surface area (Å²) in [7, 11) is 0. The maximum atomic E-state index is 12.3. The zero-order valence-electron chi connectivity index (χ0n) is 15.8. The van der Waals surface area contributed by atoms with Crippen molar-refractivity contribution in [2.24, 2.45) is 0 Å². The van der Waals surface area contributed by atoms with Gasteiger partial charge < -0.3 is 15.2 Å². The second-order valence-corrected chi connectivity index (χ2v) is 6.56. The van der Waals surface area contributed by atoms with Gasteiger partial charge in [0.15, 0.2) is 0 Å². The fourth-order valence-corrected chi connectivity index (χ4v) is 2.82. The minimum atomic E-state index is -0.154. The molecule has 3 rings (SSSR count). The van der Waals surface area contributed by atoms with Crippen LogP contribution in [0, 0.1) is 6.92 Å². The number of hydrogen-bond acceptors (Lipinski definition) is 4. The van der Waals surface area contributed by atoms with Crippen LogP contribution in [0.25, 0.3) is 0 Å². The van der Waals surface area contributed by atoms with Crippen LogP contribution in [-0.4, -0.2) is 38.1 Å². The maximum absolute atomic E-state index is 12.3. The Hall–Kier alpha value is -3.42. The van der Waals surface area contributed by atoms with Crippen LogP contribution in [0.1, 0.15) is 34.5 Å². The molecule has 0 aliphatic carbocycles. The molecule has 1 aromatic carbocycles. The van der Waals surface area contributed by atoms with Crippen LogP contribution in [0.15, 0.2) is 49.2 Å². The van der Waals surface area contributed by atoms with Crippen LogP contribution in [0.2, 0.25) is 0 Å². The Bertz CT molecular complexity index is 916. The second-order valence-electron chi connectivity index (χ2n) is 6.56. The van der Waals surface area contributed by atoms with Crippen LogP contribution >= 0.6 is 0 Å². The molecule has 28 heavy (non-hydrogen) atoms. The molecule has 0 fully saturated rings. The van der Waals surface area contributed by atoms with E-state index in [2.05, 4.69) is 25.8 Å². The largest absolute Gasteiger partial charge is 0.352 e. The zero-order valence-corrected chi connectivity index (χ0v) is 15.8. The number of H-pyrrole nitrogens is 1. The number of benzene rings is 1. The highest BCUT2D eigenvalue weighted by Crippen LogP contribution is 2.11. The summed E-state index contributed by atoms with van der Waals surface area (Å²) in [5.74, 6) is -0.264. The Balaban J connectivity index is 1.44. The molecule has 0 radical (unpaired) electrons. The molecule has 0 aliphatic rings. The van der Waals surface area contributed by atoms with Crippen molar-refractivity contribution in [3.8, 4) is 0 Å². The van der Waals surface area contributed by atoms with Crippen molar-refractivity contribution in [1.29, 1.82) is 0 Å². The van der Waals surface area contributed by atoms with Crippen LogP contribution in [-0.2, 0) is 17.8 Å². The fourth-order valence-electron chi connectivity index (χ4n) is 2.82. The Kier molecular flexibility index (Phi) is 6.56. The van der Waals surface area contributed by atoms with E-state index in [-0.39, 0.29) is 11.8 Å². The summed E-state index contributed by atoms with van der Waals surface area (Å²) in [5.41, 5.74) is 3.35. The average Bonchev–Trinajstić information content (AvgIpc) is 3.35. The van der Waals surface area contributed by atoms with E-state index in [1.165, 1.54) is 0 Å². The Labute approximate surface area is 163 Å². The molecule has 146 valence electrons. The van der Waals surface area contributed by atoms with E-state index < -0.39 is 0 Å². The summed E-state index contributed by atoms with van der Waals surface area (Å²) in [5, 5.41) is 12.6. The van der Waals surface area contributed by atoms with Crippen molar-refractivity contribution in [2.75, 3.05) is 11.9 Å². The molecule has 3 N–H and O–H groups in total. The molecule has 8 heteroatoms. The van der Waals surface area contributed by atoms with Crippen molar-refractivity contribution in [3.05, 3.63) is 66.0 Å². The molecular weight excluding hydrogens is 356 g/mol. The van der Waals surface area contributed by atoms with Crippen LogP contribution in [0.5, 0.6) is 0 Å². The van der Waals surface area contributed by atoms with E-state index in [0.29, 0.717) is 30.8 Å². The SMILES string of the molecule is Cc1[nH]ncc1CCCNC(=O)c1cccc(NC(=O)CCn2ccnc2)c1. The van der Waals surface area contributed by atoms with Crippen molar-refractivity contribution >= 4 is 17.5 Å². The van der Waals surface area contributed by atoms with Crippen molar-refractivity contribution in [3.63, 3.8) is 0 Å². The lowest BCUT2D eigenvalue weighted by Crippen LogP contribution is -2.25. The van der Waals surface area contributed by atoms with Gasteiger partial charge in [0.2, 0.25) is 5.91 Å². The van der Waals surface area contributed by atoms with Gasteiger partial charge in [0.05, 0.1) is 12.5 Å². The third kappa shape index (κ3) is 5.54. The molecule has 0 bridgehead atoms. The molecule has 0 unspecified atom stereocenters. The molecule has 2 heterocycles. The Morgan fingerprint density at radius 2 is 2.18 bits per heavy atom. The average molecular weight is 380 g/mol. The number of rotatable bonds is 9. The highest BCUT2D eigenvalue weighted by Gasteiger charge is 2.08. The summed E-state index contributed by atoms with van der Waals surface area (Å²) in [6.45, 7) is 3.11. The van der Waals surface area contributed by atoms with E-state index in [4.69, 9.17) is 0 Å². The van der Waals surface area contributed by atoms with Gasteiger partial charge in [-0.25, -0.2) is 4.98 Å². The van der Waals surface area contributed by atoms with E-state index in [0.717, 1.165) is 24.1 Å². The first kappa shape index (κ1) is 19.3. The summed E-state index contributed by atoms with van der Waals surface area (Å²) in [6.07, 6.45) is 9.00. The number of aromatic amines is 1. The summed E-state index contributed by atoms with van der Waals surface area (Å²) < 4.78 is 1.84. The van der Waals surface area contributed by atoms with Crippen molar-refractivity contribution in [1.82, 2.24) is 25.1 Å². The van der Waals surface area contributed by atoms with Crippen LogP contribution < -0.4 is 10.6 Å². The van der Waals surface area contributed by atoms with Gasteiger partial charge in [-0.1, -0.05) is 6.07 Å². The summed E-state index contributed by atoms with van der Waals surface area (Å²) in [6, 6.07) is 6.95. The minimum Gasteiger partial charge on any atom is -0.352 e. The molecule has 2 aromatic heterocycles. The van der Waals surface area contributed by atoms with Crippen LogP contribution in [0.4, 0.5) is 5.69 Å². The first-order valence-corrected chi connectivity index (χ1v) is 9.24. The van der Waals surface area contributed by atoms with Gasteiger partial charge in [-0.15, -0.1) is 0 Å². The van der Waals surface area contributed by atoms with Gasteiger partial charge in [-0.3, -0.25) is 14.7 Å². The van der Waals surface area contributed by atoms with Gasteiger partial charge in [0.1, 0.15) is 0 Å². The van der Waals surface area contributed by atoms with Gasteiger partial charge in [-0.2, -0.15) is 5.10 Å². The van der Waals surface area contributed by atoms with E-state index in [1.807, 2.05) is 23.9 Å². The van der Waals surface area contributed by atoms with Gasteiger partial charge in [0, 0.05) is 48.8 Å². The smallest absolute Gasteiger partial charge is 0.251 e. The number of anilines is 1. The number of amides is 2.